The molecule has 1 aromatic heterocycles. The molecule has 1 unspecified atom stereocenters. The Labute approximate surface area is 180 Å². The van der Waals surface area contributed by atoms with E-state index >= 15 is 0 Å². The fourth-order valence-corrected chi connectivity index (χ4v) is 4.31. The molecule has 0 radical (unpaired) electrons. The van der Waals surface area contributed by atoms with E-state index in [2.05, 4.69) is 4.18 Å². The van der Waals surface area contributed by atoms with Crippen molar-refractivity contribution in [3.63, 3.8) is 0 Å². The molecule has 0 amide bonds. The standard InChI is InChI=1S/C18H11F6N2O4S2/c1-10-6-11(9-25)2-4-14(10)12-3-5-15-13(7-12)8-16(30-31(27)17(19,20)21)26(15)32(28,29)18(22,23)24/h2-8,27H,1H3/q+1. The smallest absolute Gasteiger partial charge is 0.221 e. The zero-order valence-corrected chi connectivity index (χ0v) is 17.3. The maximum atomic E-state index is 13.2. The molecular weight excluding hydrogens is 486 g/mol. The summed E-state index contributed by atoms with van der Waals surface area (Å²) in [5, 5.41) is 8.77. The van der Waals surface area contributed by atoms with Crippen molar-refractivity contribution in [2.75, 3.05) is 0 Å². The topological polar surface area (TPSA) is 92.3 Å². The van der Waals surface area contributed by atoms with Crippen molar-refractivity contribution in [3.05, 3.63) is 53.6 Å². The largest absolute Gasteiger partial charge is 0.654 e. The van der Waals surface area contributed by atoms with E-state index in [1.165, 1.54) is 18.2 Å². The monoisotopic (exact) mass is 497 g/mol. The summed E-state index contributed by atoms with van der Waals surface area (Å²) in [6.07, 6.45) is 0. The SMILES string of the molecule is Cc1cc(C#N)ccc1-c1ccc2c(c1)cc(O[S+](O)C(F)(F)F)n2S(=O)(=O)C(F)(F)F. The minimum atomic E-state index is -6.19. The van der Waals surface area contributed by atoms with Crippen molar-refractivity contribution in [1.82, 2.24) is 3.97 Å². The second-order valence-electron chi connectivity index (χ2n) is 6.39. The van der Waals surface area contributed by atoms with Gasteiger partial charge in [-0.1, -0.05) is 12.1 Å². The van der Waals surface area contributed by atoms with Crippen molar-refractivity contribution in [1.29, 1.82) is 5.26 Å². The van der Waals surface area contributed by atoms with Crippen molar-refractivity contribution < 1.29 is 43.5 Å². The van der Waals surface area contributed by atoms with Gasteiger partial charge in [-0.25, -0.2) is 4.18 Å². The molecule has 32 heavy (non-hydrogen) atoms. The van der Waals surface area contributed by atoms with Gasteiger partial charge in [-0.05, 0) is 47.9 Å². The number of hydrogen-bond donors (Lipinski definition) is 1. The van der Waals surface area contributed by atoms with Crippen molar-refractivity contribution in [2.45, 2.75) is 17.9 Å². The Morgan fingerprint density at radius 1 is 1.06 bits per heavy atom. The van der Waals surface area contributed by atoms with Crippen LogP contribution in [0.15, 0.2) is 42.5 Å². The minimum absolute atomic E-state index is 0.187. The molecule has 0 fully saturated rings. The first-order valence-corrected chi connectivity index (χ1v) is 10.9. The first kappa shape index (κ1) is 23.8. The Bertz CT molecular complexity index is 1340. The maximum absolute atomic E-state index is 13.2. The number of aromatic nitrogens is 1. The van der Waals surface area contributed by atoms with Crippen LogP contribution in [0.2, 0.25) is 0 Å². The molecule has 0 spiro atoms. The molecule has 0 saturated carbocycles. The van der Waals surface area contributed by atoms with Gasteiger partial charge in [0.2, 0.25) is 0 Å². The molecule has 3 aromatic rings. The number of halogens is 6. The summed E-state index contributed by atoms with van der Waals surface area (Å²) in [6, 6.07) is 10.7. The summed E-state index contributed by atoms with van der Waals surface area (Å²) >= 11 is -3.87. The quantitative estimate of drug-likeness (QED) is 0.401. The summed E-state index contributed by atoms with van der Waals surface area (Å²) in [5.41, 5.74) is -9.89. The summed E-state index contributed by atoms with van der Waals surface area (Å²) < 4.78 is 114. The van der Waals surface area contributed by atoms with E-state index in [-0.39, 0.29) is 5.39 Å². The second-order valence-corrected chi connectivity index (χ2v) is 9.30. The van der Waals surface area contributed by atoms with E-state index < -0.39 is 47.9 Å². The highest BCUT2D eigenvalue weighted by atomic mass is 32.2. The van der Waals surface area contributed by atoms with Gasteiger partial charge < -0.3 is 0 Å². The van der Waals surface area contributed by atoms with Crippen molar-refractivity contribution in [2.24, 2.45) is 0 Å². The van der Waals surface area contributed by atoms with Gasteiger partial charge >= 0.3 is 32.5 Å². The Balaban J connectivity index is 2.24. The first-order chi connectivity index (χ1) is 14.7. The zero-order valence-electron chi connectivity index (χ0n) is 15.7. The van der Waals surface area contributed by atoms with Gasteiger partial charge in [0, 0.05) is 11.5 Å². The highest BCUT2D eigenvalue weighted by molar-refractivity contribution is 7.91. The van der Waals surface area contributed by atoms with Crippen LogP contribution in [0.1, 0.15) is 11.1 Å². The molecule has 1 N–H and O–H groups in total. The number of benzene rings is 2. The van der Waals surface area contributed by atoms with Crippen molar-refractivity contribution >= 4 is 32.4 Å². The van der Waals surface area contributed by atoms with Crippen LogP contribution in [0.25, 0.3) is 22.0 Å². The predicted molar refractivity (Wildman–Crippen MR) is 104 cm³/mol. The van der Waals surface area contributed by atoms with E-state index in [4.69, 9.17) is 9.81 Å². The molecular formula is C18H11F6N2O4S2+. The number of rotatable bonds is 4. The summed E-state index contributed by atoms with van der Waals surface area (Å²) in [7, 11) is -6.19. The van der Waals surface area contributed by atoms with E-state index in [0.717, 1.165) is 6.07 Å². The lowest BCUT2D eigenvalue weighted by molar-refractivity contribution is -0.0494. The Hall–Kier alpha value is -2.89. The number of nitrogens with zero attached hydrogens (tertiary/aromatic N) is 2. The Morgan fingerprint density at radius 2 is 1.72 bits per heavy atom. The number of hydrogen-bond acceptors (Lipinski definition) is 5. The molecule has 170 valence electrons. The minimum Gasteiger partial charge on any atom is -0.221 e. The van der Waals surface area contributed by atoms with Crippen molar-refractivity contribution in [3.8, 4) is 23.1 Å². The van der Waals surface area contributed by atoms with Gasteiger partial charge in [0.1, 0.15) is 0 Å². The fraction of sp³-hybridized carbons (Fsp3) is 0.167. The van der Waals surface area contributed by atoms with Gasteiger partial charge in [-0.2, -0.15) is 30.8 Å². The first-order valence-electron chi connectivity index (χ1n) is 8.34. The molecule has 0 bridgehead atoms. The summed E-state index contributed by atoms with van der Waals surface area (Å²) in [5.74, 6) is -1.35. The van der Waals surface area contributed by atoms with Gasteiger partial charge in [0.25, 0.3) is 5.88 Å². The summed E-state index contributed by atoms with van der Waals surface area (Å²) in [6.45, 7) is 1.66. The van der Waals surface area contributed by atoms with Gasteiger partial charge in [0.15, 0.2) is 0 Å². The molecule has 0 aliphatic carbocycles. The molecule has 3 rings (SSSR count). The molecule has 0 aliphatic heterocycles. The van der Waals surface area contributed by atoms with Crippen LogP contribution in [0.5, 0.6) is 5.88 Å². The predicted octanol–water partition coefficient (Wildman–Crippen LogP) is 5.09. The average Bonchev–Trinajstić information content (AvgIpc) is 3.03. The third kappa shape index (κ3) is 4.23. The molecule has 1 heterocycles. The maximum Gasteiger partial charge on any atom is 0.654 e. The van der Waals surface area contributed by atoms with Crippen LogP contribution < -0.4 is 4.18 Å². The molecule has 0 aliphatic rings. The molecule has 2 aromatic carbocycles. The fourth-order valence-electron chi connectivity index (χ4n) is 2.93. The van der Waals surface area contributed by atoms with Crippen LogP contribution in [0.4, 0.5) is 26.3 Å². The van der Waals surface area contributed by atoms with Gasteiger partial charge in [-0.15, -0.1) is 17.7 Å². The lowest BCUT2D eigenvalue weighted by atomic mass is 9.98. The number of aryl methyl sites for hydroxylation is 1. The lowest BCUT2D eigenvalue weighted by Crippen LogP contribution is -2.32. The van der Waals surface area contributed by atoms with E-state index in [9.17, 15) is 34.8 Å². The number of nitriles is 1. The highest BCUT2D eigenvalue weighted by Gasteiger charge is 2.58. The average molecular weight is 497 g/mol. The van der Waals surface area contributed by atoms with E-state index in [0.29, 0.717) is 28.3 Å². The zero-order chi connectivity index (χ0) is 24.1. The van der Waals surface area contributed by atoms with Gasteiger partial charge in [0.05, 0.1) is 17.1 Å². The normalized spacial score (nSPS) is 13.7. The molecule has 6 nitrogen and oxygen atoms in total. The van der Waals surface area contributed by atoms with Crippen LogP contribution in [0, 0.1) is 18.3 Å². The van der Waals surface area contributed by atoms with E-state index in [1.807, 2.05) is 6.07 Å². The van der Waals surface area contributed by atoms with Crippen LogP contribution in [0.3, 0.4) is 0 Å². The van der Waals surface area contributed by atoms with Crippen LogP contribution in [-0.4, -0.2) is 28.0 Å². The van der Waals surface area contributed by atoms with E-state index in [1.54, 1.807) is 19.1 Å². The molecule has 1 atom stereocenters. The number of fused-ring (bicyclic) bond motifs is 1. The third-order valence-electron chi connectivity index (χ3n) is 4.29. The highest BCUT2D eigenvalue weighted by Crippen LogP contribution is 2.38. The van der Waals surface area contributed by atoms with Gasteiger partial charge in [-0.3, -0.25) is 0 Å². The van der Waals surface area contributed by atoms with Crippen LogP contribution >= 0.6 is 0 Å². The summed E-state index contributed by atoms with van der Waals surface area (Å²) in [4.78, 5) is 0. The lowest BCUT2D eigenvalue weighted by Gasteiger charge is -2.12. The number of alkyl halides is 6. The second kappa shape index (κ2) is 7.91. The Kier molecular flexibility index (Phi) is 5.87. The molecule has 0 saturated heterocycles. The third-order valence-corrected chi connectivity index (χ3v) is 6.45. The molecule has 14 heteroatoms. The van der Waals surface area contributed by atoms with Crippen LogP contribution in [-0.2, 0) is 21.5 Å². The Morgan fingerprint density at radius 3 is 2.25 bits per heavy atom.